The second-order valence-corrected chi connectivity index (χ2v) is 7.65. The van der Waals surface area contributed by atoms with Gasteiger partial charge in [-0.1, -0.05) is 23.5 Å². The number of hydrogen-bond acceptors (Lipinski definition) is 6. The summed E-state index contributed by atoms with van der Waals surface area (Å²) in [7, 11) is 0. The van der Waals surface area contributed by atoms with Crippen molar-refractivity contribution in [3.8, 4) is 0 Å². The van der Waals surface area contributed by atoms with Crippen LogP contribution in [-0.2, 0) is 4.74 Å². The van der Waals surface area contributed by atoms with Crippen molar-refractivity contribution >= 4 is 43.9 Å². The smallest absolute Gasteiger partial charge is 0.272 e. The minimum Gasteiger partial charge on any atom is -0.376 e. The van der Waals surface area contributed by atoms with Crippen molar-refractivity contribution in [1.82, 2.24) is 9.97 Å². The van der Waals surface area contributed by atoms with Gasteiger partial charge in [0.05, 0.1) is 34.1 Å². The number of fused-ring (bicyclic) bond motifs is 1. The van der Waals surface area contributed by atoms with Crippen LogP contribution in [-0.4, -0.2) is 35.1 Å². The van der Waals surface area contributed by atoms with Crippen molar-refractivity contribution in [2.24, 2.45) is 0 Å². The van der Waals surface area contributed by atoms with Crippen molar-refractivity contribution in [3.05, 3.63) is 40.3 Å². The molecule has 1 saturated heterocycles. The lowest BCUT2D eigenvalue weighted by atomic mass is 10.2. The second-order valence-electron chi connectivity index (χ2n) is 5.78. The normalized spacial score (nSPS) is 17.5. The fourth-order valence-corrected chi connectivity index (χ4v) is 4.57. The third-order valence-electron chi connectivity index (χ3n) is 4.11. The van der Waals surface area contributed by atoms with E-state index in [9.17, 15) is 4.79 Å². The van der Waals surface area contributed by atoms with Crippen LogP contribution in [0.1, 0.15) is 28.2 Å². The summed E-state index contributed by atoms with van der Waals surface area (Å²) in [6.45, 7) is 3.18. The van der Waals surface area contributed by atoms with Crippen LogP contribution >= 0.6 is 22.7 Å². The Morgan fingerprint density at radius 2 is 2.29 bits per heavy atom. The molecule has 124 valence electrons. The molecule has 5 nitrogen and oxygen atoms in total. The molecule has 3 aromatic rings. The van der Waals surface area contributed by atoms with Gasteiger partial charge in [0, 0.05) is 6.61 Å². The van der Waals surface area contributed by atoms with Gasteiger partial charge in [-0.3, -0.25) is 9.69 Å². The van der Waals surface area contributed by atoms with Gasteiger partial charge in [0.1, 0.15) is 4.88 Å². The van der Waals surface area contributed by atoms with Crippen LogP contribution in [0.2, 0.25) is 0 Å². The Balaban J connectivity index is 1.71. The first kappa shape index (κ1) is 15.7. The predicted molar refractivity (Wildman–Crippen MR) is 97.1 cm³/mol. The number of aryl methyl sites for hydroxylation is 1. The third kappa shape index (κ3) is 2.94. The molecule has 24 heavy (non-hydrogen) atoms. The highest BCUT2D eigenvalue weighted by Crippen LogP contribution is 2.31. The Hall–Kier alpha value is -1.83. The van der Waals surface area contributed by atoms with Gasteiger partial charge in [0.25, 0.3) is 5.91 Å². The molecule has 1 atom stereocenters. The molecule has 1 aromatic carbocycles. The SMILES string of the molecule is Cc1ncsc1C(=O)N(C[C@H]1CCCO1)c1nc2ccccc2s1. The third-order valence-corrected chi connectivity index (χ3v) is 6.08. The van der Waals surface area contributed by atoms with Gasteiger partial charge in [0.2, 0.25) is 0 Å². The average molecular weight is 359 g/mol. The van der Waals surface area contributed by atoms with Crippen LogP contribution in [0.15, 0.2) is 29.8 Å². The van der Waals surface area contributed by atoms with E-state index in [-0.39, 0.29) is 12.0 Å². The number of carbonyl (C=O) groups excluding carboxylic acids is 1. The lowest BCUT2D eigenvalue weighted by Gasteiger charge is -2.22. The Bertz CT molecular complexity index is 834. The van der Waals surface area contributed by atoms with Crippen molar-refractivity contribution in [1.29, 1.82) is 0 Å². The summed E-state index contributed by atoms with van der Waals surface area (Å²) < 4.78 is 6.83. The van der Waals surface area contributed by atoms with Crippen LogP contribution in [0.3, 0.4) is 0 Å². The van der Waals surface area contributed by atoms with E-state index in [1.807, 2.05) is 31.2 Å². The number of rotatable bonds is 4. The molecule has 2 aromatic heterocycles. The standard InChI is InChI=1S/C17H17N3O2S2/c1-11-15(23-10-18-11)16(21)20(9-12-5-4-8-22-12)17-19-13-6-2-3-7-14(13)24-17/h2-3,6-7,10,12H,4-5,8-9H2,1H3/t12-/m1/s1. The summed E-state index contributed by atoms with van der Waals surface area (Å²) in [5.74, 6) is -0.0374. The topological polar surface area (TPSA) is 55.3 Å². The first-order valence-electron chi connectivity index (χ1n) is 7.91. The summed E-state index contributed by atoms with van der Waals surface area (Å²) in [5, 5.41) is 0.726. The van der Waals surface area contributed by atoms with Gasteiger partial charge < -0.3 is 4.74 Å². The van der Waals surface area contributed by atoms with Crippen LogP contribution in [0.5, 0.6) is 0 Å². The Labute approximate surface area is 147 Å². The summed E-state index contributed by atoms with van der Waals surface area (Å²) in [6.07, 6.45) is 2.11. The lowest BCUT2D eigenvalue weighted by Crippen LogP contribution is -2.37. The number of nitrogens with zero attached hydrogens (tertiary/aromatic N) is 3. The molecular formula is C17H17N3O2S2. The molecular weight excluding hydrogens is 342 g/mol. The molecule has 7 heteroatoms. The number of ether oxygens (including phenoxy) is 1. The number of benzene rings is 1. The van der Waals surface area contributed by atoms with E-state index in [1.54, 1.807) is 21.7 Å². The van der Waals surface area contributed by atoms with E-state index in [4.69, 9.17) is 4.74 Å². The van der Waals surface area contributed by atoms with Crippen molar-refractivity contribution in [3.63, 3.8) is 0 Å². The molecule has 0 unspecified atom stereocenters. The van der Waals surface area contributed by atoms with E-state index >= 15 is 0 Å². The Morgan fingerprint density at radius 3 is 3.00 bits per heavy atom. The number of carbonyl (C=O) groups is 1. The zero-order chi connectivity index (χ0) is 16.5. The first-order chi connectivity index (χ1) is 11.7. The maximum atomic E-state index is 13.1. The van der Waals surface area contributed by atoms with Crippen molar-refractivity contribution < 1.29 is 9.53 Å². The van der Waals surface area contributed by atoms with Gasteiger partial charge in [-0.15, -0.1) is 11.3 Å². The predicted octanol–water partition coefficient (Wildman–Crippen LogP) is 3.89. The maximum absolute atomic E-state index is 13.1. The number of aromatic nitrogens is 2. The molecule has 0 bridgehead atoms. The number of thiazole rings is 2. The van der Waals surface area contributed by atoms with E-state index in [1.165, 1.54) is 11.3 Å². The first-order valence-corrected chi connectivity index (χ1v) is 9.61. The van der Waals surface area contributed by atoms with Crippen LogP contribution in [0, 0.1) is 6.92 Å². The van der Waals surface area contributed by atoms with E-state index in [0.29, 0.717) is 11.4 Å². The fraction of sp³-hybridized carbons (Fsp3) is 0.353. The summed E-state index contributed by atoms with van der Waals surface area (Å²) in [6, 6.07) is 7.96. The number of anilines is 1. The lowest BCUT2D eigenvalue weighted by molar-refractivity contribution is 0.0920. The molecule has 0 aliphatic carbocycles. The van der Waals surface area contributed by atoms with Gasteiger partial charge in [-0.2, -0.15) is 0 Å². The highest BCUT2D eigenvalue weighted by molar-refractivity contribution is 7.22. The Kier molecular flexibility index (Phi) is 4.30. The van der Waals surface area contributed by atoms with E-state index in [2.05, 4.69) is 9.97 Å². The minimum absolute atomic E-state index is 0.0374. The molecule has 1 aliphatic rings. The van der Waals surface area contributed by atoms with E-state index < -0.39 is 0 Å². The number of amides is 1. The highest BCUT2D eigenvalue weighted by Gasteiger charge is 2.28. The van der Waals surface area contributed by atoms with Gasteiger partial charge >= 0.3 is 0 Å². The second kappa shape index (κ2) is 6.58. The molecule has 3 heterocycles. The zero-order valence-electron chi connectivity index (χ0n) is 13.3. The van der Waals surface area contributed by atoms with Crippen LogP contribution in [0.25, 0.3) is 10.2 Å². The molecule has 1 fully saturated rings. The summed E-state index contributed by atoms with van der Waals surface area (Å²) >= 11 is 2.92. The average Bonchev–Trinajstić information content (AvgIpc) is 3.32. The largest absolute Gasteiger partial charge is 0.376 e. The Morgan fingerprint density at radius 1 is 1.42 bits per heavy atom. The zero-order valence-corrected chi connectivity index (χ0v) is 14.9. The minimum atomic E-state index is -0.0374. The van der Waals surface area contributed by atoms with Gasteiger partial charge in [-0.05, 0) is 31.9 Å². The quantitative estimate of drug-likeness (QED) is 0.709. The summed E-state index contributed by atoms with van der Waals surface area (Å²) in [5.41, 5.74) is 3.40. The molecule has 4 rings (SSSR count). The molecule has 0 radical (unpaired) electrons. The highest BCUT2D eigenvalue weighted by atomic mass is 32.1. The summed E-state index contributed by atoms with van der Waals surface area (Å²) in [4.78, 5) is 24.4. The molecule has 0 spiro atoms. The monoisotopic (exact) mass is 359 g/mol. The van der Waals surface area contributed by atoms with Crippen LogP contribution in [0.4, 0.5) is 5.13 Å². The van der Waals surface area contributed by atoms with Crippen LogP contribution < -0.4 is 4.90 Å². The maximum Gasteiger partial charge on any atom is 0.272 e. The fourth-order valence-electron chi connectivity index (χ4n) is 2.85. The van der Waals surface area contributed by atoms with Gasteiger partial charge in [-0.25, -0.2) is 9.97 Å². The van der Waals surface area contributed by atoms with Gasteiger partial charge in [0.15, 0.2) is 5.13 Å². The number of hydrogen-bond donors (Lipinski definition) is 0. The molecule has 0 N–H and O–H groups in total. The molecule has 1 aliphatic heterocycles. The molecule has 0 saturated carbocycles. The van der Waals surface area contributed by atoms with Crippen molar-refractivity contribution in [2.75, 3.05) is 18.1 Å². The van der Waals surface area contributed by atoms with Crippen molar-refractivity contribution in [2.45, 2.75) is 25.9 Å². The number of para-hydroxylation sites is 1. The van der Waals surface area contributed by atoms with E-state index in [0.717, 1.165) is 40.5 Å². The molecule has 1 amide bonds.